The Balaban J connectivity index is 1.55. The van der Waals surface area contributed by atoms with Crippen LogP contribution < -0.4 is 10.2 Å². The van der Waals surface area contributed by atoms with E-state index in [9.17, 15) is 18.8 Å². The Morgan fingerprint density at radius 3 is 2.30 bits per heavy atom. The Kier molecular flexibility index (Phi) is 5.32. The Labute approximate surface area is 228 Å². The number of rotatable bonds is 4. The van der Waals surface area contributed by atoms with E-state index in [4.69, 9.17) is 0 Å². The third kappa shape index (κ3) is 3.21. The highest BCUT2D eigenvalue weighted by Gasteiger charge is 2.70. The minimum atomic E-state index is -1.52. The van der Waals surface area contributed by atoms with Crippen molar-refractivity contribution in [2.45, 2.75) is 17.5 Å². The second-order valence-corrected chi connectivity index (χ2v) is 10.3. The number of hydrogen-bond acceptors (Lipinski definition) is 4. The fraction of sp³-hybridized carbons (Fsp3) is 0.121. The number of ketones is 2. The number of benzene rings is 4. The van der Waals surface area contributed by atoms with Gasteiger partial charge in [-0.25, -0.2) is 8.78 Å². The lowest BCUT2D eigenvalue weighted by molar-refractivity contribution is -0.121. The molecule has 7 heteroatoms. The van der Waals surface area contributed by atoms with Crippen molar-refractivity contribution in [1.82, 2.24) is 0 Å². The molecule has 1 saturated heterocycles. The van der Waals surface area contributed by atoms with E-state index in [0.29, 0.717) is 16.9 Å². The highest BCUT2D eigenvalue weighted by atomic mass is 19.1. The molecule has 0 bridgehead atoms. The largest absolute Gasteiger partial charge is 0.352 e. The molecule has 1 amide bonds. The SMILES string of the molecule is O=C(c1ccccc1F)[C@@H]1[C@H](C(=O)c2ccc(F)cc2)[C@@]2(C(=O)Nc3ccccc32)[C@H]2C=Cc3ccccc3N12. The number of carbonyl (C=O) groups is 3. The second kappa shape index (κ2) is 8.81. The van der Waals surface area contributed by atoms with E-state index >= 15 is 4.39 Å². The molecule has 40 heavy (non-hydrogen) atoms. The summed E-state index contributed by atoms with van der Waals surface area (Å²) in [4.78, 5) is 45.0. The molecule has 0 aliphatic carbocycles. The van der Waals surface area contributed by atoms with Crippen molar-refractivity contribution < 1.29 is 23.2 Å². The van der Waals surface area contributed by atoms with Crippen LogP contribution in [0.5, 0.6) is 0 Å². The van der Waals surface area contributed by atoms with Crippen LogP contribution in [0.3, 0.4) is 0 Å². The van der Waals surface area contributed by atoms with E-state index in [1.54, 1.807) is 35.2 Å². The van der Waals surface area contributed by atoms with E-state index in [0.717, 1.165) is 5.56 Å². The molecule has 3 aliphatic rings. The van der Waals surface area contributed by atoms with Crippen molar-refractivity contribution in [3.8, 4) is 0 Å². The minimum Gasteiger partial charge on any atom is -0.352 e. The predicted octanol–water partition coefficient (Wildman–Crippen LogP) is 5.82. The number of halogens is 2. The van der Waals surface area contributed by atoms with Crippen LogP contribution in [-0.2, 0) is 10.2 Å². The Morgan fingerprint density at radius 2 is 1.50 bits per heavy atom. The summed E-state index contributed by atoms with van der Waals surface area (Å²) in [6.07, 6.45) is 3.74. The van der Waals surface area contributed by atoms with Crippen LogP contribution >= 0.6 is 0 Å². The molecular formula is C33H22F2N2O3. The van der Waals surface area contributed by atoms with Gasteiger partial charge in [0.05, 0.1) is 17.5 Å². The first-order valence-electron chi connectivity index (χ1n) is 13.0. The maximum atomic E-state index is 15.1. The van der Waals surface area contributed by atoms with E-state index in [-0.39, 0.29) is 11.1 Å². The summed E-state index contributed by atoms with van der Waals surface area (Å²) < 4.78 is 29.0. The first kappa shape index (κ1) is 24.2. The standard InChI is InChI=1S/C33H22F2N2O3/c34-21-16-13-20(14-17-21)30(38)28-29(31(39)22-8-2-4-10-24(22)35)37-26-12-6-1-7-19(26)15-18-27(37)33(28)23-9-3-5-11-25(23)36-32(33)40/h1-18,27-29H,(H,36,40)/t27-,28-,29+,33+/m1/s1. The summed E-state index contributed by atoms with van der Waals surface area (Å²) in [7, 11) is 0. The quantitative estimate of drug-likeness (QED) is 0.337. The molecule has 1 fully saturated rings. The first-order chi connectivity index (χ1) is 19.4. The summed E-state index contributed by atoms with van der Waals surface area (Å²) in [6, 6.07) is 23.3. The van der Waals surface area contributed by atoms with Crippen molar-refractivity contribution in [1.29, 1.82) is 0 Å². The number of carbonyl (C=O) groups excluding carboxylic acids is 3. The summed E-state index contributed by atoms with van der Waals surface area (Å²) in [6.45, 7) is 0. The maximum absolute atomic E-state index is 15.1. The van der Waals surface area contributed by atoms with Crippen molar-refractivity contribution >= 4 is 34.9 Å². The Morgan fingerprint density at radius 1 is 0.800 bits per heavy atom. The lowest BCUT2D eigenvalue weighted by atomic mass is 9.64. The number of amides is 1. The van der Waals surface area contributed by atoms with Gasteiger partial charge in [-0.1, -0.05) is 60.7 Å². The monoisotopic (exact) mass is 532 g/mol. The fourth-order valence-electron chi connectivity index (χ4n) is 6.73. The van der Waals surface area contributed by atoms with Gasteiger partial charge in [-0.3, -0.25) is 14.4 Å². The van der Waals surface area contributed by atoms with E-state index in [1.165, 1.54) is 42.5 Å². The maximum Gasteiger partial charge on any atom is 0.238 e. The molecule has 0 saturated carbocycles. The van der Waals surface area contributed by atoms with Gasteiger partial charge in [0.2, 0.25) is 5.91 Å². The smallest absolute Gasteiger partial charge is 0.238 e. The number of nitrogens with zero attached hydrogens (tertiary/aromatic N) is 1. The Bertz CT molecular complexity index is 1750. The van der Waals surface area contributed by atoms with E-state index in [2.05, 4.69) is 5.32 Å². The molecule has 3 heterocycles. The number of para-hydroxylation sites is 2. The lowest BCUT2D eigenvalue weighted by Gasteiger charge is -2.37. The third-order valence-electron chi connectivity index (χ3n) is 8.36. The zero-order valence-electron chi connectivity index (χ0n) is 21.1. The number of fused-ring (bicyclic) bond motifs is 6. The number of Topliss-reactive ketones (excluding diaryl/α,β-unsaturated/α-hetero) is 2. The van der Waals surface area contributed by atoms with Crippen LogP contribution in [0.25, 0.3) is 6.08 Å². The zero-order chi connectivity index (χ0) is 27.6. The summed E-state index contributed by atoms with van der Waals surface area (Å²) >= 11 is 0. The van der Waals surface area contributed by atoms with Gasteiger partial charge in [0.1, 0.15) is 23.1 Å². The second-order valence-electron chi connectivity index (χ2n) is 10.3. The minimum absolute atomic E-state index is 0.159. The molecule has 4 aromatic carbocycles. The van der Waals surface area contributed by atoms with Crippen LogP contribution in [0.15, 0.2) is 103 Å². The van der Waals surface area contributed by atoms with Crippen LogP contribution in [0.4, 0.5) is 20.2 Å². The molecule has 0 unspecified atom stereocenters. The molecule has 4 atom stereocenters. The molecule has 1 N–H and O–H groups in total. The van der Waals surface area contributed by atoms with E-state index in [1.807, 2.05) is 36.4 Å². The number of nitrogens with one attached hydrogen (secondary N) is 1. The van der Waals surface area contributed by atoms with Crippen molar-refractivity contribution in [3.63, 3.8) is 0 Å². The van der Waals surface area contributed by atoms with Gasteiger partial charge in [-0.2, -0.15) is 0 Å². The zero-order valence-corrected chi connectivity index (χ0v) is 21.1. The molecule has 1 spiro atoms. The van der Waals surface area contributed by atoms with Crippen LogP contribution in [0.1, 0.15) is 31.8 Å². The molecule has 0 aromatic heterocycles. The third-order valence-corrected chi connectivity index (χ3v) is 8.36. The molecule has 3 aliphatic heterocycles. The summed E-state index contributed by atoms with van der Waals surface area (Å²) in [5.41, 5.74) is 1.08. The van der Waals surface area contributed by atoms with Crippen molar-refractivity contribution in [2.24, 2.45) is 5.92 Å². The van der Waals surface area contributed by atoms with Gasteiger partial charge < -0.3 is 10.2 Å². The molecule has 196 valence electrons. The predicted molar refractivity (Wildman–Crippen MR) is 147 cm³/mol. The topological polar surface area (TPSA) is 66.5 Å². The molecule has 5 nitrogen and oxygen atoms in total. The van der Waals surface area contributed by atoms with Crippen molar-refractivity contribution in [3.05, 3.63) is 137 Å². The number of anilines is 2. The van der Waals surface area contributed by atoms with Gasteiger partial charge >= 0.3 is 0 Å². The van der Waals surface area contributed by atoms with Gasteiger partial charge in [0, 0.05) is 16.9 Å². The highest BCUT2D eigenvalue weighted by Crippen LogP contribution is 2.58. The summed E-state index contributed by atoms with van der Waals surface area (Å²) in [5.74, 6) is -4.01. The van der Waals surface area contributed by atoms with Gasteiger partial charge in [0.15, 0.2) is 11.6 Å². The Hall–Kier alpha value is -4.91. The fourth-order valence-corrected chi connectivity index (χ4v) is 6.73. The van der Waals surface area contributed by atoms with E-state index < -0.39 is 52.5 Å². The molecular weight excluding hydrogens is 510 g/mol. The molecule has 7 rings (SSSR count). The average Bonchev–Trinajstić information content (AvgIpc) is 3.45. The van der Waals surface area contributed by atoms with Crippen molar-refractivity contribution in [2.75, 3.05) is 10.2 Å². The van der Waals surface area contributed by atoms with Gasteiger partial charge in [0.25, 0.3) is 0 Å². The highest BCUT2D eigenvalue weighted by molar-refractivity contribution is 6.18. The summed E-state index contributed by atoms with van der Waals surface area (Å²) in [5, 5.41) is 2.95. The van der Waals surface area contributed by atoms with Crippen LogP contribution in [0.2, 0.25) is 0 Å². The van der Waals surface area contributed by atoms with Gasteiger partial charge in [-0.05, 0) is 59.7 Å². The molecule has 0 radical (unpaired) electrons. The average molecular weight is 533 g/mol. The normalized spacial score (nSPS) is 23.9. The van der Waals surface area contributed by atoms with Gasteiger partial charge in [-0.15, -0.1) is 0 Å². The van der Waals surface area contributed by atoms with Crippen LogP contribution in [-0.4, -0.2) is 29.6 Å². The molecule has 4 aromatic rings. The lowest BCUT2D eigenvalue weighted by Crippen LogP contribution is -2.51. The number of hydrogen-bond donors (Lipinski definition) is 1. The van der Waals surface area contributed by atoms with Crippen LogP contribution in [0, 0.1) is 17.6 Å². The first-order valence-corrected chi connectivity index (χ1v) is 13.0.